The molecular weight excluding hydrogens is 640 g/mol. The lowest BCUT2D eigenvalue weighted by molar-refractivity contribution is -0.383. The van der Waals surface area contributed by atoms with Gasteiger partial charge in [0.05, 0.1) is 26.4 Å². The predicted octanol–water partition coefficient (Wildman–Crippen LogP) is -10.8. The third kappa shape index (κ3) is 7.48. The Bertz CT molecular complexity index is 858. The Morgan fingerprint density at radius 3 is 0.935 bits per heavy atom. The summed E-state index contributed by atoms with van der Waals surface area (Å²) in [6.45, 7) is -4.64. The van der Waals surface area contributed by atoms with Gasteiger partial charge in [-0.1, -0.05) is 0 Å². The van der Waals surface area contributed by atoms with E-state index in [9.17, 15) is 61.3 Å². The number of ether oxygens (including phenoxy) is 6. The van der Waals surface area contributed by atoms with Crippen molar-refractivity contribution < 1.29 is 110 Å². The fourth-order valence-electron chi connectivity index (χ4n) is 5.26. The van der Waals surface area contributed by atoms with Crippen molar-refractivity contribution in [2.45, 2.75) is 110 Å². The van der Waals surface area contributed by atoms with Crippen molar-refractivity contribution in [2.24, 2.45) is 0 Å². The lowest BCUT2D eigenvalue weighted by atomic mass is 9.99. The summed E-state index contributed by atoms with van der Waals surface area (Å²) < 4.78 is 30.9. The maximum atomic E-state index is 10.00. The monoisotopic (exact) mass is 684 g/mol. The topological polar surface area (TPSA) is 379 Å². The SMILES string of the molecule is OC[C@H]1O[C@@](CO)(O[C@H]2O[C@H](CO)[C@@H](O)[C@H](O)[C@H]2O)[C@@H](O)[C@@H]1O.OC[C@H]1O[C@@](CO)(O[C@H]2O[C@H](CO)[C@@H](O)[C@H](O)[C@H]2O)[C@@H](O)[C@@H]1O. The van der Waals surface area contributed by atoms with Crippen molar-refractivity contribution in [1.29, 1.82) is 0 Å². The van der Waals surface area contributed by atoms with Gasteiger partial charge in [0.25, 0.3) is 0 Å². The van der Waals surface area contributed by atoms with E-state index >= 15 is 0 Å². The van der Waals surface area contributed by atoms with Crippen LogP contribution in [0.3, 0.4) is 0 Å². The van der Waals surface area contributed by atoms with Crippen molar-refractivity contribution in [3.63, 3.8) is 0 Å². The summed E-state index contributed by atoms with van der Waals surface area (Å²) in [5.41, 5.74) is 0. The van der Waals surface area contributed by atoms with Crippen LogP contribution in [-0.2, 0) is 28.4 Å². The van der Waals surface area contributed by atoms with Gasteiger partial charge >= 0.3 is 0 Å². The Kier molecular flexibility index (Phi) is 13.9. The quantitative estimate of drug-likeness (QED) is 0.101. The van der Waals surface area contributed by atoms with Gasteiger partial charge in [-0.2, -0.15) is 0 Å². The van der Waals surface area contributed by atoms with Crippen LogP contribution >= 0.6 is 0 Å². The largest absolute Gasteiger partial charge is 0.394 e. The lowest BCUT2D eigenvalue weighted by Crippen LogP contribution is -2.62. The van der Waals surface area contributed by atoms with Gasteiger partial charge in [0, 0.05) is 0 Å². The summed E-state index contributed by atoms with van der Waals surface area (Å²) in [5, 5.41) is 153. The molecule has 4 fully saturated rings. The van der Waals surface area contributed by atoms with E-state index in [1.165, 1.54) is 0 Å². The van der Waals surface area contributed by atoms with Gasteiger partial charge in [0.15, 0.2) is 12.6 Å². The molecule has 0 unspecified atom stereocenters. The molecule has 22 nitrogen and oxygen atoms in total. The van der Waals surface area contributed by atoms with E-state index in [2.05, 4.69) is 0 Å². The van der Waals surface area contributed by atoms with Crippen molar-refractivity contribution in [2.75, 3.05) is 39.6 Å². The zero-order chi connectivity index (χ0) is 34.7. The summed E-state index contributed by atoms with van der Waals surface area (Å²) in [7, 11) is 0. The maximum absolute atomic E-state index is 10.00. The first kappa shape index (κ1) is 39.6. The molecule has 4 aliphatic rings. The highest BCUT2D eigenvalue weighted by Gasteiger charge is 2.59. The molecule has 0 aromatic carbocycles. The van der Waals surface area contributed by atoms with Gasteiger partial charge in [0.1, 0.15) is 98.7 Å². The van der Waals surface area contributed by atoms with Crippen LogP contribution in [0.2, 0.25) is 0 Å². The molecular formula is C24H44O22. The minimum Gasteiger partial charge on any atom is -0.394 e. The van der Waals surface area contributed by atoms with E-state index in [4.69, 9.17) is 48.8 Å². The highest BCUT2D eigenvalue weighted by Crippen LogP contribution is 2.37. The molecule has 16 N–H and O–H groups in total. The fourth-order valence-corrected chi connectivity index (χ4v) is 5.26. The van der Waals surface area contributed by atoms with Gasteiger partial charge < -0.3 is 110 Å². The van der Waals surface area contributed by atoms with Crippen LogP contribution in [0.15, 0.2) is 0 Å². The standard InChI is InChI=1S/2C12H22O11/c2*13-1-4-6(16)8(18)9(19)11(21-4)23-12(3-15)10(20)7(17)5(2-14)22-12/h2*4-11,13-20H,1-3H2/t2*4-,5-,6-,7-,8+,9-,10+,11-,12+/m11/s1. The number of rotatable bonds is 10. The van der Waals surface area contributed by atoms with E-state index in [0.717, 1.165) is 0 Å². The minimum atomic E-state index is -2.22. The van der Waals surface area contributed by atoms with Crippen molar-refractivity contribution >= 4 is 0 Å². The Labute approximate surface area is 260 Å². The number of aliphatic hydroxyl groups excluding tert-OH is 16. The summed E-state index contributed by atoms with van der Waals surface area (Å²) in [6.07, 6.45) is -25.3. The smallest absolute Gasteiger partial charge is 0.224 e. The predicted molar refractivity (Wildman–Crippen MR) is 137 cm³/mol. The first-order valence-corrected chi connectivity index (χ1v) is 14.1. The highest BCUT2D eigenvalue weighted by molar-refractivity contribution is 5.00. The normalized spacial score (nSPS) is 51.1. The summed E-state index contributed by atoms with van der Waals surface area (Å²) in [6, 6.07) is 0. The molecule has 4 aliphatic heterocycles. The molecule has 18 atom stereocenters. The van der Waals surface area contributed by atoms with Crippen molar-refractivity contribution in [3.05, 3.63) is 0 Å². The highest BCUT2D eigenvalue weighted by atomic mass is 16.8. The van der Waals surface area contributed by atoms with Gasteiger partial charge in [-0.3, -0.25) is 0 Å². The molecule has 22 heteroatoms. The van der Waals surface area contributed by atoms with Crippen LogP contribution in [0.1, 0.15) is 0 Å². The Morgan fingerprint density at radius 1 is 0.391 bits per heavy atom. The zero-order valence-corrected chi connectivity index (χ0v) is 24.1. The molecule has 0 radical (unpaired) electrons. The maximum Gasteiger partial charge on any atom is 0.224 e. The third-order valence-corrected chi connectivity index (χ3v) is 8.14. The average molecular weight is 685 g/mol. The van der Waals surface area contributed by atoms with Crippen LogP contribution in [0, 0.1) is 0 Å². The van der Waals surface area contributed by atoms with Crippen LogP contribution in [0.25, 0.3) is 0 Å². The third-order valence-electron chi connectivity index (χ3n) is 8.14. The first-order valence-electron chi connectivity index (χ1n) is 14.1. The van der Waals surface area contributed by atoms with Gasteiger partial charge in [-0.15, -0.1) is 0 Å². The van der Waals surface area contributed by atoms with E-state index in [0.29, 0.717) is 0 Å². The molecule has 4 rings (SSSR count). The summed E-state index contributed by atoms with van der Waals surface area (Å²) in [4.78, 5) is 0. The van der Waals surface area contributed by atoms with E-state index in [1.54, 1.807) is 0 Å². The number of aliphatic hydroxyl groups is 16. The zero-order valence-electron chi connectivity index (χ0n) is 24.1. The van der Waals surface area contributed by atoms with Gasteiger partial charge in [0.2, 0.25) is 11.6 Å². The van der Waals surface area contributed by atoms with Gasteiger partial charge in [-0.05, 0) is 0 Å². The second-order valence-electron chi connectivity index (χ2n) is 11.1. The van der Waals surface area contributed by atoms with Gasteiger partial charge in [-0.25, -0.2) is 0 Å². The molecule has 0 aromatic rings. The minimum absolute atomic E-state index is 0.669. The van der Waals surface area contributed by atoms with Crippen molar-refractivity contribution in [1.82, 2.24) is 0 Å². The number of hydrogen-bond acceptors (Lipinski definition) is 22. The molecule has 0 spiro atoms. The Morgan fingerprint density at radius 2 is 0.696 bits per heavy atom. The van der Waals surface area contributed by atoms with Crippen molar-refractivity contribution in [3.8, 4) is 0 Å². The molecule has 0 amide bonds. The molecule has 4 saturated heterocycles. The van der Waals surface area contributed by atoms with E-state index in [-0.39, 0.29) is 0 Å². The second kappa shape index (κ2) is 16.2. The molecule has 46 heavy (non-hydrogen) atoms. The molecule has 0 aliphatic carbocycles. The Balaban J connectivity index is 0.000000250. The average Bonchev–Trinajstić information content (AvgIpc) is 3.45. The molecule has 0 saturated carbocycles. The molecule has 0 aromatic heterocycles. The summed E-state index contributed by atoms with van der Waals surface area (Å²) >= 11 is 0. The summed E-state index contributed by atoms with van der Waals surface area (Å²) in [5.74, 6) is -4.44. The van der Waals surface area contributed by atoms with E-state index < -0.39 is 149 Å². The van der Waals surface area contributed by atoms with Crippen LogP contribution < -0.4 is 0 Å². The number of hydrogen-bond donors (Lipinski definition) is 16. The first-order chi connectivity index (χ1) is 21.6. The van der Waals surface area contributed by atoms with Crippen LogP contribution in [0.5, 0.6) is 0 Å². The molecule has 272 valence electrons. The molecule has 0 bridgehead atoms. The Hall–Kier alpha value is -0.880. The second-order valence-corrected chi connectivity index (χ2v) is 11.1. The lowest BCUT2D eigenvalue weighted by Gasteiger charge is -2.43. The molecule has 4 heterocycles. The van der Waals surface area contributed by atoms with Crippen LogP contribution in [-0.4, -0.2) is 231 Å². The van der Waals surface area contributed by atoms with Crippen LogP contribution in [0.4, 0.5) is 0 Å². The van der Waals surface area contributed by atoms with E-state index in [1.807, 2.05) is 0 Å². The fraction of sp³-hybridized carbons (Fsp3) is 1.00.